The Morgan fingerprint density at radius 2 is 2.03 bits per heavy atom. The molecule has 4 heterocycles. The molecule has 0 spiro atoms. The summed E-state index contributed by atoms with van der Waals surface area (Å²) in [5, 5.41) is 15.1. The molecule has 1 aliphatic heterocycles. The Labute approximate surface area is 178 Å². The van der Waals surface area contributed by atoms with E-state index in [1.807, 2.05) is 31.3 Å². The lowest BCUT2D eigenvalue weighted by Gasteiger charge is -2.27. The maximum atomic E-state index is 13.6. The van der Waals surface area contributed by atoms with Crippen LogP contribution in [-0.4, -0.2) is 44.1 Å². The summed E-state index contributed by atoms with van der Waals surface area (Å²) in [6.07, 6.45) is 2.91. The van der Waals surface area contributed by atoms with Crippen molar-refractivity contribution in [1.29, 1.82) is 0 Å². The second kappa shape index (κ2) is 8.44. The van der Waals surface area contributed by atoms with Crippen molar-refractivity contribution in [2.45, 2.75) is 32.0 Å². The first-order chi connectivity index (χ1) is 15.2. The number of benzene rings is 1. The summed E-state index contributed by atoms with van der Waals surface area (Å²) in [6.45, 7) is 3.25. The van der Waals surface area contributed by atoms with Gasteiger partial charge in [-0.15, -0.1) is 5.10 Å². The number of ether oxygens (including phenoxy) is 2. The van der Waals surface area contributed by atoms with E-state index in [4.69, 9.17) is 19.6 Å². The molecular weight excluding hydrogens is 399 g/mol. The number of halogens is 1. The summed E-state index contributed by atoms with van der Waals surface area (Å²) in [5.41, 5.74) is 2.55. The van der Waals surface area contributed by atoms with Crippen LogP contribution in [-0.2, 0) is 9.47 Å². The van der Waals surface area contributed by atoms with Gasteiger partial charge in [0, 0.05) is 31.2 Å². The van der Waals surface area contributed by atoms with Gasteiger partial charge in [-0.2, -0.15) is 5.10 Å². The zero-order valence-corrected chi connectivity index (χ0v) is 17.1. The minimum absolute atomic E-state index is 0.0122. The third-order valence-corrected chi connectivity index (χ3v) is 5.26. The van der Waals surface area contributed by atoms with Crippen LogP contribution in [0.2, 0.25) is 0 Å². The maximum Gasteiger partial charge on any atom is 0.184 e. The fraction of sp³-hybridized carbons (Fsp3) is 0.318. The van der Waals surface area contributed by atoms with E-state index in [1.165, 1.54) is 12.1 Å². The third kappa shape index (κ3) is 4.28. The number of aromatic amines is 1. The minimum Gasteiger partial charge on any atom is -0.381 e. The molecule has 1 atom stereocenters. The van der Waals surface area contributed by atoms with Gasteiger partial charge in [0.15, 0.2) is 17.5 Å². The van der Waals surface area contributed by atoms with E-state index < -0.39 is 6.10 Å². The molecule has 0 aliphatic carbocycles. The molecule has 31 heavy (non-hydrogen) atoms. The Kier molecular flexibility index (Phi) is 5.35. The molecule has 5 rings (SSSR count). The Balaban J connectivity index is 1.55. The number of aromatic nitrogens is 5. The quantitative estimate of drug-likeness (QED) is 0.489. The topological polar surface area (TPSA) is 89.4 Å². The second-order valence-corrected chi connectivity index (χ2v) is 7.60. The summed E-state index contributed by atoms with van der Waals surface area (Å²) in [5.74, 6) is 1.46. The molecule has 4 aromatic rings. The fourth-order valence-corrected chi connectivity index (χ4v) is 3.69. The Hall–Kier alpha value is -3.30. The Morgan fingerprint density at radius 1 is 1.23 bits per heavy atom. The normalized spacial score (nSPS) is 15.9. The van der Waals surface area contributed by atoms with Crippen LogP contribution >= 0.6 is 0 Å². The number of aryl methyl sites for hydroxylation is 1. The molecule has 0 amide bonds. The monoisotopic (exact) mass is 422 g/mol. The van der Waals surface area contributed by atoms with Gasteiger partial charge >= 0.3 is 0 Å². The number of fused-ring (bicyclic) bond motifs is 1. The molecule has 8 nitrogen and oxygen atoms in total. The predicted molar refractivity (Wildman–Crippen MR) is 113 cm³/mol. The average molecular weight is 422 g/mol. The molecule has 3 aromatic heterocycles. The van der Waals surface area contributed by atoms with Crippen molar-refractivity contribution in [2.75, 3.05) is 18.5 Å². The molecule has 160 valence electrons. The molecule has 0 saturated carbocycles. The highest BCUT2D eigenvalue weighted by Gasteiger charge is 2.26. The smallest absolute Gasteiger partial charge is 0.184 e. The first-order valence-corrected chi connectivity index (χ1v) is 10.3. The summed E-state index contributed by atoms with van der Waals surface area (Å²) < 4.78 is 27.2. The van der Waals surface area contributed by atoms with Gasteiger partial charge in [0.1, 0.15) is 17.4 Å². The third-order valence-electron chi connectivity index (χ3n) is 5.26. The van der Waals surface area contributed by atoms with E-state index in [1.54, 1.807) is 16.6 Å². The molecule has 1 aliphatic rings. The van der Waals surface area contributed by atoms with Crippen LogP contribution in [0.25, 0.3) is 5.52 Å². The summed E-state index contributed by atoms with van der Waals surface area (Å²) >= 11 is 0. The number of H-pyrrole nitrogens is 1. The zero-order valence-electron chi connectivity index (χ0n) is 17.1. The van der Waals surface area contributed by atoms with Crippen LogP contribution in [0, 0.1) is 12.7 Å². The summed E-state index contributed by atoms with van der Waals surface area (Å²) in [7, 11) is 0. The number of hydrogen-bond donors (Lipinski definition) is 2. The second-order valence-electron chi connectivity index (χ2n) is 7.60. The van der Waals surface area contributed by atoms with Crippen molar-refractivity contribution in [2.24, 2.45) is 0 Å². The van der Waals surface area contributed by atoms with Gasteiger partial charge < -0.3 is 14.8 Å². The Morgan fingerprint density at radius 3 is 2.77 bits per heavy atom. The van der Waals surface area contributed by atoms with E-state index in [2.05, 4.69) is 15.5 Å². The van der Waals surface area contributed by atoms with Crippen molar-refractivity contribution in [3.8, 4) is 0 Å². The van der Waals surface area contributed by atoms with Crippen molar-refractivity contribution in [1.82, 2.24) is 24.8 Å². The van der Waals surface area contributed by atoms with Crippen LogP contribution in [0.4, 0.5) is 16.0 Å². The molecule has 1 saturated heterocycles. The SMILES string of the molecule is Cc1cc(Nc2nc(C(OC3CCOCC3)c3ccc(F)cc3)nn3cccc23)n[nH]1. The number of nitrogens with one attached hydrogen (secondary N) is 2. The van der Waals surface area contributed by atoms with Crippen molar-refractivity contribution in [3.05, 3.63) is 71.6 Å². The van der Waals surface area contributed by atoms with Crippen molar-refractivity contribution < 1.29 is 13.9 Å². The highest BCUT2D eigenvalue weighted by molar-refractivity contribution is 5.72. The highest BCUT2D eigenvalue weighted by Crippen LogP contribution is 2.30. The number of hydrogen-bond acceptors (Lipinski definition) is 6. The minimum atomic E-state index is -0.544. The number of nitrogens with zero attached hydrogens (tertiary/aromatic N) is 4. The summed E-state index contributed by atoms with van der Waals surface area (Å²) in [6, 6.07) is 12.0. The highest BCUT2D eigenvalue weighted by atomic mass is 19.1. The lowest BCUT2D eigenvalue weighted by molar-refractivity contribution is -0.0593. The van der Waals surface area contributed by atoms with Gasteiger partial charge in [-0.25, -0.2) is 13.9 Å². The Bertz CT molecular complexity index is 1170. The molecule has 1 fully saturated rings. The molecule has 2 N–H and O–H groups in total. The van der Waals surface area contributed by atoms with Crippen molar-refractivity contribution in [3.63, 3.8) is 0 Å². The largest absolute Gasteiger partial charge is 0.381 e. The lowest BCUT2D eigenvalue weighted by Crippen LogP contribution is -2.27. The van der Waals surface area contributed by atoms with E-state index in [-0.39, 0.29) is 11.9 Å². The van der Waals surface area contributed by atoms with Crippen LogP contribution in [0.15, 0.2) is 48.7 Å². The molecule has 1 unspecified atom stereocenters. The van der Waals surface area contributed by atoms with Gasteiger partial charge in [-0.3, -0.25) is 5.10 Å². The van der Waals surface area contributed by atoms with Crippen molar-refractivity contribution >= 4 is 17.2 Å². The molecule has 9 heteroatoms. The van der Waals surface area contributed by atoms with Gasteiger partial charge in [0.2, 0.25) is 0 Å². The van der Waals surface area contributed by atoms with Gasteiger partial charge in [-0.05, 0) is 49.6 Å². The van der Waals surface area contributed by atoms with Crippen LogP contribution in [0.5, 0.6) is 0 Å². The van der Waals surface area contributed by atoms with Crippen LogP contribution < -0.4 is 5.32 Å². The van der Waals surface area contributed by atoms with Gasteiger partial charge in [0.05, 0.1) is 6.10 Å². The lowest BCUT2D eigenvalue weighted by atomic mass is 10.1. The average Bonchev–Trinajstić information content (AvgIpc) is 3.42. The predicted octanol–water partition coefficient (Wildman–Crippen LogP) is 3.93. The van der Waals surface area contributed by atoms with Crippen LogP contribution in [0.3, 0.4) is 0 Å². The first kappa shape index (κ1) is 19.7. The fourth-order valence-electron chi connectivity index (χ4n) is 3.69. The molecule has 0 bridgehead atoms. The van der Waals surface area contributed by atoms with E-state index in [0.717, 1.165) is 29.6 Å². The van der Waals surface area contributed by atoms with E-state index >= 15 is 0 Å². The van der Waals surface area contributed by atoms with E-state index in [9.17, 15) is 4.39 Å². The standard InChI is InChI=1S/C22H23FN6O2/c1-14-13-19(27-26-14)24-21-18-3-2-10-29(18)28-22(25-21)20(15-4-6-16(23)7-5-15)31-17-8-11-30-12-9-17/h2-7,10,13,17,20H,8-9,11-12H2,1H3,(H2,24,25,26,27,28). The van der Waals surface area contributed by atoms with Crippen LogP contribution in [0.1, 0.15) is 36.0 Å². The molecule has 0 radical (unpaired) electrons. The number of anilines is 2. The summed E-state index contributed by atoms with van der Waals surface area (Å²) in [4.78, 5) is 4.80. The molecule has 1 aromatic carbocycles. The maximum absolute atomic E-state index is 13.6. The zero-order chi connectivity index (χ0) is 21.2. The number of rotatable bonds is 6. The molecular formula is C22H23FN6O2. The van der Waals surface area contributed by atoms with Gasteiger partial charge in [0.25, 0.3) is 0 Å². The van der Waals surface area contributed by atoms with E-state index in [0.29, 0.717) is 30.7 Å². The van der Waals surface area contributed by atoms with Gasteiger partial charge in [-0.1, -0.05) is 12.1 Å². The first-order valence-electron chi connectivity index (χ1n) is 10.3.